The Morgan fingerprint density at radius 3 is 2.42 bits per heavy atom. The van der Waals surface area contributed by atoms with Gasteiger partial charge >= 0.3 is 0 Å². The van der Waals surface area contributed by atoms with Gasteiger partial charge in [0.1, 0.15) is 0 Å². The number of non-ortho nitro benzene ring substituents is 1. The number of nitrogens with zero attached hydrogens (tertiary/aromatic N) is 3. The van der Waals surface area contributed by atoms with E-state index >= 15 is 0 Å². The average Bonchev–Trinajstić information content (AvgIpc) is 3.14. The maximum absolute atomic E-state index is 12.4. The summed E-state index contributed by atoms with van der Waals surface area (Å²) in [6, 6.07) is 12.6. The molecule has 33 heavy (non-hydrogen) atoms. The lowest BCUT2D eigenvalue weighted by Crippen LogP contribution is -2.30. The highest BCUT2D eigenvalue weighted by Crippen LogP contribution is 2.14. The van der Waals surface area contributed by atoms with Gasteiger partial charge in [-0.05, 0) is 31.2 Å². The number of nitrogens with one attached hydrogen (secondary N) is 2. The number of nitro benzene ring substituents is 1. The Balaban J connectivity index is 1.68. The van der Waals surface area contributed by atoms with Crippen molar-refractivity contribution >= 4 is 33.7 Å². The summed E-state index contributed by atoms with van der Waals surface area (Å²) in [7, 11) is -2.44. The number of hydrazone groups is 1. The monoisotopic (exact) mass is 469 g/mol. The van der Waals surface area contributed by atoms with Crippen LogP contribution < -0.4 is 10.1 Å². The summed E-state index contributed by atoms with van der Waals surface area (Å²) < 4.78 is 28.3. The lowest BCUT2D eigenvalue weighted by Gasteiger charge is -2.06. The molecule has 0 atom stereocenters. The summed E-state index contributed by atoms with van der Waals surface area (Å²) in [5.41, 5.74) is 3.41. The van der Waals surface area contributed by atoms with E-state index in [1.165, 1.54) is 53.4 Å². The van der Waals surface area contributed by atoms with Crippen molar-refractivity contribution in [2.75, 3.05) is 0 Å². The van der Waals surface area contributed by atoms with Gasteiger partial charge in [0.25, 0.3) is 27.5 Å². The first kappa shape index (κ1) is 23.3. The van der Waals surface area contributed by atoms with Crippen LogP contribution in [0.15, 0.2) is 70.8 Å². The SMILES string of the molecule is Cc1ccc(S(=O)(=O)NC(=O)c2cc(/C=N\NC(=O)c3cccc([N+](=O)[O-])c3)n(C)c2)cc1. The van der Waals surface area contributed by atoms with E-state index < -0.39 is 26.8 Å². The highest BCUT2D eigenvalue weighted by molar-refractivity contribution is 7.90. The molecule has 0 aliphatic carbocycles. The van der Waals surface area contributed by atoms with Crippen molar-refractivity contribution in [3.05, 3.63) is 93.3 Å². The third-order valence-corrected chi connectivity index (χ3v) is 5.89. The molecule has 0 saturated carbocycles. The Labute approximate surface area is 188 Å². The molecule has 12 heteroatoms. The zero-order valence-electron chi connectivity index (χ0n) is 17.6. The third kappa shape index (κ3) is 5.68. The first-order valence-corrected chi connectivity index (χ1v) is 10.9. The number of hydrogen-bond acceptors (Lipinski definition) is 7. The van der Waals surface area contributed by atoms with Crippen molar-refractivity contribution in [3.63, 3.8) is 0 Å². The Bertz CT molecular complexity index is 1360. The average molecular weight is 469 g/mol. The predicted octanol–water partition coefficient (Wildman–Crippen LogP) is 2.12. The second kappa shape index (κ2) is 9.44. The van der Waals surface area contributed by atoms with Gasteiger partial charge in [0.05, 0.1) is 27.3 Å². The number of carbonyl (C=O) groups excluding carboxylic acids is 2. The molecular weight excluding hydrogens is 450 g/mol. The van der Waals surface area contributed by atoms with Crippen LogP contribution in [-0.2, 0) is 17.1 Å². The molecule has 0 radical (unpaired) electrons. The van der Waals surface area contributed by atoms with Crippen molar-refractivity contribution in [1.82, 2.24) is 14.7 Å². The zero-order chi connectivity index (χ0) is 24.2. The minimum atomic E-state index is -4.04. The van der Waals surface area contributed by atoms with Crippen molar-refractivity contribution in [3.8, 4) is 0 Å². The normalized spacial score (nSPS) is 11.3. The number of carbonyl (C=O) groups is 2. The van der Waals surface area contributed by atoms with E-state index in [0.29, 0.717) is 5.69 Å². The van der Waals surface area contributed by atoms with E-state index in [1.54, 1.807) is 19.2 Å². The van der Waals surface area contributed by atoms with E-state index in [-0.39, 0.29) is 21.7 Å². The Morgan fingerprint density at radius 1 is 1.06 bits per heavy atom. The van der Waals surface area contributed by atoms with Crippen LogP contribution in [0.25, 0.3) is 0 Å². The molecule has 3 aromatic rings. The number of aryl methyl sites for hydroxylation is 2. The number of hydrogen-bond donors (Lipinski definition) is 2. The van der Waals surface area contributed by atoms with Crippen molar-refractivity contribution in [1.29, 1.82) is 0 Å². The molecule has 2 aromatic carbocycles. The molecule has 11 nitrogen and oxygen atoms in total. The molecule has 0 aliphatic heterocycles. The number of nitro groups is 1. The second-order valence-electron chi connectivity index (χ2n) is 7.02. The van der Waals surface area contributed by atoms with Crippen LogP contribution in [0.3, 0.4) is 0 Å². The summed E-state index contributed by atoms with van der Waals surface area (Å²) in [5, 5.41) is 14.6. The van der Waals surface area contributed by atoms with Gasteiger partial charge in [-0.25, -0.2) is 18.6 Å². The van der Waals surface area contributed by atoms with E-state index in [1.807, 2.05) is 11.6 Å². The molecule has 0 fully saturated rings. The number of aromatic nitrogens is 1. The van der Waals surface area contributed by atoms with Crippen LogP contribution >= 0.6 is 0 Å². The first-order valence-electron chi connectivity index (χ1n) is 9.45. The molecule has 0 spiro atoms. The Kier molecular flexibility index (Phi) is 6.68. The quantitative estimate of drug-likeness (QED) is 0.307. The van der Waals surface area contributed by atoms with Crippen molar-refractivity contribution in [2.24, 2.45) is 12.1 Å². The number of rotatable bonds is 7. The highest BCUT2D eigenvalue weighted by Gasteiger charge is 2.20. The van der Waals surface area contributed by atoms with Gasteiger partial charge in [0, 0.05) is 30.9 Å². The van der Waals surface area contributed by atoms with Crippen LogP contribution in [0.1, 0.15) is 32.0 Å². The van der Waals surface area contributed by atoms with Gasteiger partial charge in [-0.3, -0.25) is 19.7 Å². The number of sulfonamides is 1. The highest BCUT2D eigenvalue weighted by atomic mass is 32.2. The van der Waals surface area contributed by atoms with Crippen LogP contribution in [0.4, 0.5) is 5.69 Å². The van der Waals surface area contributed by atoms with Gasteiger partial charge in [-0.1, -0.05) is 23.8 Å². The minimum Gasteiger partial charge on any atom is -0.349 e. The van der Waals surface area contributed by atoms with Crippen LogP contribution in [-0.4, -0.2) is 35.9 Å². The summed E-state index contributed by atoms with van der Waals surface area (Å²) in [6.45, 7) is 1.81. The minimum absolute atomic E-state index is 0.0389. The molecular formula is C21H19N5O6S. The molecule has 3 rings (SSSR count). The smallest absolute Gasteiger partial charge is 0.271 e. The Morgan fingerprint density at radius 2 is 1.76 bits per heavy atom. The van der Waals surface area contributed by atoms with E-state index in [0.717, 1.165) is 11.6 Å². The van der Waals surface area contributed by atoms with E-state index in [9.17, 15) is 28.1 Å². The van der Waals surface area contributed by atoms with Crippen LogP contribution in [0.5, 0.6) is 0 Å². The molecule has 0 aliphatic rings. The van der Waals surface area contributed by atoms with Gasteiger partial charge < -0.3 is 4.57 Å². The molecule has 1 aromatic heterocycles. The molecule has 2 N–H and O–H groups in total. The predicted molar refractivity (Wildman–Crippen MR) is 119 cm³/mol. The van der Waals surface area contributed by atoms with Gasteiger partial charge in [0.15, 0.2) is 0 Å². The first-order chi connectivity index (χ1) is 15.6. The third-order valence-electron chi connectivity index (χ3n) is 4.55. The van der Waals surface area contributed by atoms with Crippen molar-refractivity contribution in [2.45, 2.75) is 11.8 Å². The number of benzene rings is 2. The summed E-state index contributed by atoms with van der Waals surface area (Å²) >= 11 is 0. The fourth-order valence-corrected chi connectivity index (χ4v) is 3.75. The molecule has 170 valence electrons. The second-order valence-corrected chi connectivity index (χ2v) is 8.70. The lowest BCUT2D eigenvalue weighted by molar-refractivity contribution is -0.384. The topological polar surface area (TPSA) is 153 Å². The Hall–Kier alpha value is -4.32. The zero-order valence-corrected chi connectivity index (χ0v) is 18.4. The molecule has 1 heterocycles. The standard InChI is InChI=1S/C21H19N5O6S/c1-14-6-8-19(9-7-14)33(31,32)24-21(28)16-11-18(25(2)13-16)12-22-23-20(27)15-4-3-5-17(10-15)26(29)30/h3-13H,1-2H3,(H,23,27)(H,24,28)/b22-12-. The van der Waals surface area contributed by atoms with Gasteiger partial charge in [-0.2, -0.15) is 5.10 Å². The summed E-state index contributed by atoms with van der Waals surface area (Å²) in [4.78, 5) is 34.7. The lowest BCUT2D eigenvalue weighted by atomic mass is 10.2. The molecule has 0 bridgehead atoms. The molecule has 0 saturated heterocycles. The molecule has 2 amide bonds. The van der Waals surface area contributed by atoms with E-state index in [2.05, 4.69) is 10.5 Å². The largest absolute Gasteiger partial charge is 0.349 e. The maximum atomic E-state index is 12.4. The van der Waals surface area contributed by atoms with E-state index in [4.69, 9.17) is 0 Å². The molecule has 0 unspecified atom stereocenters. The summed E-state index contributed by atoms with van der Waals surface area (Å²) in [5.74, 6) is -1.49. The summed E-state index contributed by atoms with van der Waals surface area (Å²) in [6.07, 6.45) is 2.66. The van der Waals surface area contributed by atoms with Gasteiger partial charge in [0.2, 0.25) is 0 Å². The van der Waals surface area contributed by atoms with Crippen LogP contribution in [0, 0.1) is 17.0 Å². The fraction of sp³-hybridized carbons (Fsp3) is 0.0952. The van der Waals surface area contributed by atoms with Gasteiger partial charge in [-0.15, -0.1) is 0 Å². The fourth-order valence-electron chi connectivity index (χ4n) is 2.77. The van der Waals surface area contributed by atoms with Crippen LogP contribution in [0.2, 0.25) is 0 Å². The number of amides is 2. The van der Waals surface area contributed by atoms with Crippen molar-refractivity contribution < 1.29 is 22.9 Å². The maximum Gasteiger partial charge on any atom is 0.271 e.